The molecule has 1 unspecified atom stereocenters. The fraction of sp³-hybridized carbons (Fsp3) is 0.312. The summed E-state index contributed by atoms with van der Waals surface area (Å²) < 4.78 is 5.16. The van der Waals surface area contributed by atoms with Crippen LogP contribution < -0.4 is 5.32 Å². The van der Waals surface area contributed by atoms with Crippen molar-refractivity contribution in [3.05, 3.63) is 53.5 Å². The number of hydrogen-bond donors (Lipinski definition) is 1. The number of benzene rings is 1. The quantitative estimate of drug-likeness (QED) is 0.884. The minimum absolute atomic E-state index is 0.123. The van der Waals surface area contributed by atoms with Crippen molar-refractivity contribution in [2.45, 2.75) is 33.1 Å². The van der Waals surface area contributed by atoms with Gasteiger partial charge in [0.25, 0.3) is 5.91 Å². The number of hydrogen-bond acceptors (Lipinski definition) is 2. The zero-order valence-corrected chi connectivity index (χ0v) is 11.6. The third-order valence-corrected chi connectivity index (χ3v) is 3.46. The molecule has 1 amide bonds. The Morgan fingerprint density at radius 1 is 1.32 bits per heavy atom. The molecule has 3 heteroatoms. The molecule has 0 aliphatic heterocycles. The molecular formula is C16H19NO2. The lowest BCUT2D eigenvalue weighted by Gasteiger charge is -2.15. The smallest absolute Gasteiger partial charge is 0.259 e. The van der Waals surface area contributed by atoms with E-state index in [-0.39, 0.29) is 5.91 Å². The van der Waals surface area contributed by atoms with Gasteiger partial charge in [-0.05, 0) is 37.0 Å². The van der Waals surface area contributed by atoms with Crippen molar-refractivity contribution in [2.24, 2.45) is 0 Å². The minimum Gasteiger partial charge on any atom is -0.469 e. The van der Waals surface area contributed by atoms with Crippen LogP contribution in [0.25, 0.3) is 0 Å². The Hall–Kier alpha value is -2.03. The first-order valence-corrected chi connectivity index (χ1v) is 6.57. The number of furan rings is 1. The Balaban J connectivity index is 2.24. The van der Waals surface area contributed by atoms with Crippen LogP contribution >= 0.6 is 0 Å². The first-order valence-electron chi connectivity index (χ1n) is 6.57. The highest BCUT2D eigenvalue weighted by atomic mass is 16.3. The van der Waals surface area contributed by atoms with Gasteiger partial charge in [-0.1, -0.05) is 32.0 Å². The van der Waals surface area contributed by atoms with Gasteiger partial charge in [0.1, 0.15) is 5.76 Å². The molecule has 2 aromatic rings. The molecule has 1 atom stereocenters. The summed E-state index contributed by atoms with van der Waals surface area (Å²) in [5.41, 5.74) is 2.63. The van der Waals surface area contributed by atoms with E-state index in [0.717, 1.165) is 12.1 Å². The predicted octanol–water partition coefficient (Wildman–Crippen LogP) is 4.35. The van der Waals surface area contributed by atoms with E-state index in [1.54, 1.807) is 13.0 Å². The predicted molar refractivity (Wildman–Crippen MR) is 76.5 cm³/mol. The summed E-state index contributed by atoms with van der Waals surface area (Å²) in [6.45, 7) is 6.09. The van der Waals surface area contributed by atoms with Crippen LogP contribution in [0, 0.1) is 6.92 Å². The molecular weight excluding hydrogens is 238 g/mol. The van der Waals surface area contributed by atoms with Gasteiger partial charge in [0, 0.05) is 5.69 Å². The van der Waals surface area contributed by atoms with Crippen LogP contribution in [0.2, 0.25) is 0 Å². The topological polar surface area (TPSA) is 42.2 Å². The number of carbonyl (C=O) groups is 1. The molecule has 1 heterocycles. The molecule has 1 N–H and O–H groups in total. The van der Waals surface area contributed by atoms with Crippen molar-refractivity contribution in [2.75, 3.05) is 5.32 Å². The van der Waals surface area contributed by atoms with E-state index in [9.17, 15) is 4.79 Å². The molecule has 1 aromatic heterocycles. The van der Waals surface area contributed by atoms with E-state index in [1.165, 1.54) is 11.8 Å². The molecule has 100 valence electrons. The fourth-order valence-electron chi connectivity index (χ4n) is 2.07. The SMILES string of the molecule is CCC(C)c1ccccc1NC(=O)c1ccoc1C. The van der Waals surface area contributed by atoms with Gasteiger partial charge in [-0.3, -0.25) is 4.79 Å². The zero-order chi connectivity index (χ0) is 13.8. The summed E-state index contributed by atoms with van der Waals surface area (Å²) in [6.07, 6.45) is 2.57. The van der Waals surface area contributed by atoms with Crippen molar-refractivity contribution in [1.82, 2.24) is 0 Å². The van der Waals surface area contributed by atoms with Gasteiger partial charge in [-0.2, -0.15) is 0 Å². The summed E-state index contributed by atoms with van der Waals surface area (Å²) in [6, 6.07) is 9.63. The van der Waals surface area contributed by atoms with Gasteiger partial charge in [-0.25, -0.2) is 0 Å². The average molecular weight is 257 g/mol. The van der Waals surface area contributed by atoms with Crippen molar-refractivity contribution >= 4 is 11.6 Å². The highest BCUT2D eigenvalue weighted by Gasteiger charge is 2.14. The standard InChI is InChI=1S/C16H19NO2/c1-4-11(2)13-7-5-6-8-15(13)17-16(18)14-9-10-19-12(14)3/h5-11H,4H2,1-3H3,(H,17,18). The van der Waals surface area contributed by atoms with Crippen LogP contribution in [0.5, 0.6) is 0 Å². The van der Waals surface area contributed by atoms with Crippen LogP contribution in [0.15, 0.2) is 41.0 Å². The molecule has 0 saturated carbocycles. The molecule has 0 bridgehead atoms. The van der Waals surface area contributed by atoms with Gasteiger partial charge >= 0.3 is 0 Å². The second kappa shape index (κ2) is 5.74. The number of amides is 1. The molecule has 0 fully saturated rings. The highest BCUT2D eigenvalue weighted by molar-refractivity contribution is 6.05. The lowest BCUT2D eigenvalue weighted by Crippen LogP contribution is -2.14. The Bertz CT molecular complexity index is 572. The molecule has 2 rings (SSSR count). The van der Waals surface area contributed by atoms with Crippen LogP contribution in [-0.2, 0) is 0 Å². The number of nitrogens with one attached hydrogen (secondary N) is 1. The Labute approximate surface area is 113 Å². The van der Waals surface area contributed by atoms with Gasteiger partial charge < -0.3 is 9.73 Å². The second-order valence-corrected chi connectivity index (χ2v) is 4.74. The van der Waals surface area contributed by atoms with Gasteiger partial charge in [0.15, 0.2) is 0 Å². The van der Waals surface area contributed by atoms with Crippen LogP contribution in [0.3, 0.4) is 0 Å². The van der Waals surface area contributed by atoms with Crippen LogP contribution in [0.4, 0.5) is 5.69 Å². The number of aryl methyl sites for hydroxylation is 1. The molecule has 3 nitrogen and oxygen atoms in total. The Morgan fingerprint density at radius 2 is 2.05 bits per heavy atom. The average Bonchev–Trinajstić information content (AvgIpc) is 2.85. The lowest BCUT2D eigenvalue weighted by atomic mass is 9.97. The lowest BCUT2D eigenvalue weighted by molar-refractivity contribution is 0.102. The maximum atomic E-state index is 12.2. The highest BCUT2D eigenvalue weighted by Crippen LogP contribution is 2.27. The summed E-state index contributed by atoms with van der Waals surface area (Å²) in [4.78, 5) is 12.2. The van der Waals surface area contributed by atoms with Crippen molar-refractivity contribution in [3.8, 4) is 0 Å². The first kappa shape index (κ1) is 13.4. The molecule has 0 aliphatic rings. The maximum absolute atomic E-state index is 12.2. The van der Waals surface area contributed by atoms with Crippen molar-refractivity contribution in [1.29, 1.82) is 0 Å². The zero-order valence-electron chi connectivity index (χ0n) is 11.6. The third-order valence-electron chi connectivity index (χ3n) is 3.46. The largest absolute Gasteiger partial charge is 0.469 e. The van der Waals surface area contributed by atoms with E-state index in [0.29, 0.717) is 17.2 Å². The number of para-hydroxylation sites is 1. The first-order chi connectivity index (χ1) is 9.13. The summed E-state index contributed by atoms with van der Waals surface area (Å²) in [5, 5.41) is 2.97. The maximum Gasteiger partial charge on any atom is 0.259 e. The molecule has 1 aromatic carbocycles. The Kier molecular flexibility index (Phi) is 4.05. The van der Waals surface area contributed by atoms with E-state index < -0.39 is 0 Å². The monoisotopic (exact) mass is 257 g/mol. The number of anilines is 1. The van der Waals surface area contributed by atoms with E-state index in [1.807, 2.05) is 18.2 Å². The van der Waals surface area contributed by atoms with E-state index in [4.69, 9.17) is 4.42 Å². The molecule has 19 heavy (non-hydrogen) atoms. The van der Waals surface area contributed by atoms with Gasteiger partial charge in [-0.15, -0.1) is 0 Å². The number of rotatable bonds is 4. The Morgan fingerprint density at radius 3 is 2.68 bits per heavy atom. The number of carbonyl (C=O) groups excluding carboxylic acids is 1. The van der Waals surface area contributed by atoms with Crippen LogP contribution in [-0.4, -0.2) is 5.91 Å². The summed E-state index contributed by atoms with van der Waals surface area (Å²) in [7, 11) is 0. The summed E-state index contributed by atoms with van der Waals surface area (Å²) >= 11 is 0. The second-order valence-electron chi connectivity index (χ2n) is 4.74. The van der Waals surface area contributed by atoms with Crippen LogP contribution in [0.1, 0.15) is 47.9 Å². The molecule has 0 spiro atoms. The fourth-order valence-corrected chi connectivity index (χ4v) is 2.07. The van der Waals surface area contributed by atoms with Crippen molar-refractivity contribution < 1.29 is 9.21 Å². The van der Waals surface area contributed by atoms with Crippen molar-refractivity contribution in [3.63, 3.8) is 0 Å². The summed E-state index contributed by atoms with van der Waals surface area (Å²) in [5.74, 6) is 0.933. The van der Waals surface area contributed by atoms with Gasteiger partial charge in [0.2, 0.25) is 0 Å². The normalized spacial score (nSPS) is 12.2. The molecule has 0 radical (unpaired) electrons. The molecule has 0 aliphatic carbocycles. The third kappa shape index (κ3) is 2.87. The molecule has 0 saturated heterocycles. The van der Waals surface area contributed by atoms with E-state index >= 15 is 0 Å². The minimum atomic E-state index is -0.123. The van der Waals surface area contributed by atoms with Gasteiger partial charge in [0.05, 0.1) is 11.8 Å². The van der Waals surface area contributed by atoms with E-state index in [2.05, 4.69) is 25.2 Å².